The van der Waals surface area contributed by atoms with E-state index >= 15 is 0 Å². The summed E-state index contributed by atoms with van der Waals surface area (Å²) in [6, 6.07) is 0. The zero-order valence-electron chi connectivity index (χ0n) is 13.9. The summed E-state index contributed by atoms with van der Waals surface area (Å²) in [4.78, 5) is 0. The monoisotopic (exact) mass is 305 g/mol. The number of hydrogen-bond acceptors (Lipinski definition) is 0. The Hall–Kier alpha value is 0.816. The van der Waals surface area contributed by atoms with E-state index in [0.29, 0.717) is 0 Å². The molecular formula is C18H36KN. The van der Waals surface area contributed by atoms with Gasteiger partial charge in [0.2, 0.25) is 0 Å². The van der Waals surface area contributed by atoms with Crippen LogP contribution in [0.1, 0.15) is 66.7 Å². The van der Waals surface area contributed by atoms with Crippen LogP contribution in [0.5, 0.6) is 0 Å². The molecule has 0 radical (unpaired) electrons. The summed E-state index contributed by atoms with van der Waals surface area (Å²) in [7, 11) is 1.89. The van der Waals surface area contributed by atoms with E-state index in [1.807, 2.05) is 38.3 Å². The quantitative estimate of drug-likeness (QED) is 0.350. The van der Waals surface area contributed by atoms with Gasteiger partial charge in [0.1, 0.15) is 0 Å². The van der Waals surface area contributed by atoms with Gasteiger partial charge in [-0.2, -0.15) is 7.05 Å². The van der Waals surface area contributed by atoms with Crippen molar-refractivity contribution in [3.8, 4) is 0 Å². The van der Waals surface area contributed by atoms with E-state index in [4.69, 9.17) is 0 Å². The molecule has 1 nitrogen and oxygen atoms in total. The largest absolute Gasteiger partial charge is 1.00 e. The molecule has 0 aliphatic carbocycles. The Labute approximate surface area is 171 Å². The first-order valence-corrected chi connectivity index (χ1v) is 7.33. The third kappa shape index (κ3) is 36.4. The number of nitrogens with zero attached hydrogens (tertiary/aromatic N) is 1. The van der Waals surface area contributed by atoms with E-state index in [0.717, 1.165) is 13.0 Å². The van der Waals surface area contributed by atoms with Crippen LogP contribution >= 0.6 is 0 Å². The summed E-state index contributed by atoms with van der Waals surface area (Å²) in [6.45, 7) is 7.43. The van der Waals surface area contributed by atoms with E-state index in [1.165, 1.54) is 32.1 Å². The van der Waals surface area contributed by atoms with Crippen molar-refractivity contribution in [1.82, 2.24) is 0 Å². The Kier molecular flexibility index (Phi) is 46.2. The van der Waals surface area contributed by atoms with Gasteiger partial charge in [-0.25, -0.2) is 0 Å². The molecular weight excluding hydrogens is 269 g/mol. The molecule has 0 bridgehead atoms. The van der Waals surface area contributed by atoms with Gasteiger partial charge >= 0.3 is 51.4 Å². The SMILES string of the molecule is C.CCCCCCC[N-]C.C\C=C/C=C\C=C\CC.[K+]. The summed E-state index contributed by atoms with van der Waals surface area (Å²) in [5.41, 5.74) is 0. The molecule has 0 aromatic heterocycles. The molecule has 0 fully saturated rings. The Morgan fingerprint density at radius 3 is 1.95 bits per heavy atom. The molecule has 20 heavy (non-hydrogen) atoms. The minimum absolute atomic E-state index is 0. The van der Waals surface area contributed by atoms with E-state index in [1.54, 1.807) is 0 Å². The van der Waals surface area contributed by atoms with Crippen LogP contribution in [0.25, 0.3) is 5.32 Å². The smallest absolute Gasteiger partial charge is 0.665 e. The van der Waals surface area contributed by atoms with Crippen molar-refractivity contribution in [3.63, 3.8) is 0 Å². The molecule has 0 aromatic carbocycles. The van der Waals surface area contributed by atoms with Crippen LogP contribution in [0.2, 0.25) is 0 Å². The normalized spacial score (nSPS) is 10.2. The molecule has 0 aromatic rings. The maximum Gasteiger partial charge on any atom is 1.00 e. The number of unbranched alkanes of at least 4 members (excludes halogenated alkanes) is 4. The molecule has 0 spiro atoms. The molecule has 0 amide bonds. The Balaban J connectivity index is -0.000000116. The van der Waals surface area contributed by atoms with Gasteiger partial charge in [0.15, 0.2) is 0 Å². The summed E-state index contributed by atoms with van der Waals surface area (Å²) >= 11 is 0. The predicted molar refractivity (Wildman–Crippen MR) is 93.0 cm³/mol. The Morgan fingerprint density at radius 1 is 0.850 bits per heavy atom. The molecule has 0 saturated heterocycles. The van der Waals surface area contributed by atoms with Gasteiger partial charge in [0, 0.05) is 0 Å². The van der Waals surface area contributed by atoms with Crippen molar-refractivity contribution >= 4 is 0 Å². The van der Waals surface area contributed by atoms with Gasteiger partial charge in [-0.15, -0.1) is 6.54 Å². The van der Waals surface area contributed by atoms with Crippen molar-refractivity contribution < 1.29 is 51.4 Å². The second-order valence-corrected chi connectivity index (χ2v) is 4.20. The van der Waals surface area contributed by atoms with Crippen LogP contribution in [0.3, 0.4) is 0 Å². The van der Waals surface area contributed by atoms with Crippen molar-refractivity contribution in [2.24, 2.45) is 0 Å². The van der Waals surface area contributed by atoms with Gasteiger partial charge in [-0.1, -0.05) is 89.8 Å². The number of allylic oxidation sites excluding steroid dienone is 6. The van der Waals surface area contributed by atoms with Gasteiger partial charge in [-0.05, 0) is 13.3 Å². The third-order valence-electron chi connectivity index (χ3n) is 2.38. The molecule has 0 saturated carbocycles. The van der Waals surface area contributed by atoms with Gasteiger partial charge in [0.25, 0.3) is 0 Å². The first-order chi connectivity index (χ1) is 8.83. The van der Waals surface area contributed by atoms with Gasteiger partial charge in [-0.3, -0.25) is 0 Å². The van der Waals surface area contributed by atoms with E-state index in [9.17, 15) is 0 Å². The van der Waals surface area contributed by atoms with Crippen molar-refractivity contribution in [2.75, 3.05) is 13.6 Å². The first kappa shape index (κ1) is 28.9. The fraction of sp³-hybridized carbons (Fsp3) is 0.667. The number of hydrogen-bond donors (Lipinski definition) is 0. The molecule has 0 unspecified atom stereocenters. The maximum absolute atomic E-state index is 4.03. The zero-order chi connectivity index (χ0) is 13.9. The predicted octanol–water partition coefficient (Wildman–Crippen LogP) is 3.69. The molecule has 0 aliphatic rings. The number of rotatable bonds is 9. The summed E-state index contributed by atoms with van der Waals surface area (Å²) in [5, 5.41) is 4.03. The van der Waals surface area contributed by atoms with Crippen LogP contribution in [0, 0.1) is 0 Å². The Bertz CT molecular complexity index is 201. The summed E-state index contributed by atoms with van der Waals surface area (Å²) in [6.07, 6.45) is 20.1. The molecule has 0 heterocycles. The minimum Gasteiger partial charge on any atom is -0.665 e. The van der Waals surface area contributed by atoms with Crippen molar-refractivity contribution in [1.29, 1.82) is 0 Å². The van der Waals surface area contributed by atoms with Crippen LogP contribution in [0.15, 0.2) is 36.5 Å². The minimum atomic E-state index is 0. The van der Waals surface area contributed by atoms with Crippen LogP contribution < -0.4 is 51.4 Å². The standard InChI is InChI=1S/C9H14.C8H18N.CH4.K/c1-3-5-7-9-8-6-4-2;1-3-4-5-6-7-8-9-2;;/h3,5-9H,4H2,1-2H3;3-8H2,1-2H3;1H4;/q;-1;;+1/b5-3-,8-6+,9-7-;;;. The summed E-state index contributed by atoms with van der Waals surface area (Å²) < 4.78 is 0. The van der Waals surface area contributed by atoms with Crippen molar-refractivity contribution in [3.05, 3.63) is 41.8 Å². The second-order valence-electron chi connectivity index (χ2n) is 4.20. The Morgan fingerprint density at radius 2 is 1.45 bits per heavy atom. The van der Waals surface area contributed by atoms with Crippen LogP contribution in [-0.2, 0) is 0 Å². The van der Waals surface area contributed by atoms with Crippen molar-refractivity contribution in [2.45, 2.75) is 66.7 Å². The second kappa shape index (κ2) is 32.0. The molecule has 0 aliphatic heterocycles. The van der Waals surface area contributed by atoms with E-state index in [-0.39, 0.29) is 58.8 Å². The fourth-order valence-electron chi connectivity index (χ4n) is 1.33. The average Bonchev–Trinajstić information content (AvgIpc) is 2.39. The maximum atomic E-state index is 4.03. The van der Waals surface area contributed by atoms with Gasteiger partial charge < -0.3 is 5.32 Å². The molecule has 114 valence electrons. The molecule has 0 rings (SSSR count). The first-order valence-electron chi connectivity index (χ1n) is 7.33. The third-order valence-corrected chi connectivity index (χ3v) is 2.38. The van der Waals surface area contributed by atoms with Gasteiger partial charge in [0.05, 0.1) is 0 Å². The average molecular weight is 306 g/mol. The molecule has 0 atom stereocenters. The molecule has 2 heteroatoms. The van der Waals surface area contributed by atoms with Crippen LogP contribution in [-0.4, -0.2) is 13.6 Å². The topological polar surface area (TPSA) is 14.1 Å². The fourth-order valence-corrected chi connectivity index (χ4v) is 1.33. The van der Waals surface area contributed by atoms with E-state index in [2.05, 4.69) is 31.3 Å². The zero-order valence-corrected chi connectivity index (χ0v) is 17.0. The van der Waals surface area contributed by atoms with E-state index < -0.39 is 0 Å². The summed E-state index contributed by atoms with van der Waals surface area (Å²) in [5.74, 6) is 0. The molecule has 0 N–H and O–H groups in total. The van der Waals surface area contributed by atoms with Crippen LogP contribution in [0.4, 0.5) is 0 Å².